The Balaban J connectivity index is 4.84. The average molecular weight is 346 g/mol. The first kappa shape index (κ1) is 20.7. The number of carbonyl (C=O) groups excluding carboxylic acids is 4. The van der Waals surface area contributed by atoms with Gasteiger partial charge in [0.25, 0.3) is 11.8 Å². The van der Waals surface area contributed by atoms with E-state index in [1.165, 1.54) is 27.7 Å². The number of rotatable bonds is 9. The SMILES string of the molecule is CCC(CC)(SSCC(N)C(=O)N=C=O)C(N)C(=O)N=C=O. The lowest BCUT2D eigenvalue weighted by molar-refractivity contribution is -0.120. The summed E-state index contributed by atoms with van der Waals surface area (Å²) in [5.41, 5.74) is 11.5. The Kier molecular flexibility index (Phi) is 9.84. The van der Waals surface area contributed by atoms with Crippen LogP contribution in [0.4, 0.5) is 0 Å². The monoisotopic (exact) mass is 346 g/mol. The molecule has 0 saturated carbocycles. The highest BCUT2D eigenvalue weighted by Crippen LogP contribution is 2.43. The van der Waals surface area contributed by atoms with E-state index in [0.29, 0.717) is 12.8 Å². The minimum Gasteiger partial charge on any atom is -0.319 e. The molecule has 2 unspecified atom stereocenters. The minimum absolute atomic E-state index is 0.189. The van der Waals surface area contributed by atoms with Gasteiger partial charge in [0.1, 0.15) is 6.04 Å². The lowest BCUT2D eigenvalue weighted by Gasteiger charge is -2.34. The van der Waals surface area contributed by atoms with Crippen molar-refractivity contribution in [3.8, 4) is 0 Å². The maximum Gasteiger partial charge on any atom is 0.274 e. The molecule has 0 rings (SSSR count). The van der Waals surface area contributed by atoms with Gasteiger partial charge in [-0.2, -0.15) is 0 Å². The molecule has 0 spiro atoms. The first-order valence-electron chi connectivity index (χ1n) is 6.43. The predicted molar refractivity (Wildman–Crippen MR) is 85.6 cm³/mol. The van der Waals surface area contributed by atoms with E-state index in [9.17, 15) is 19.2 Å². The highest BCUT2D eigenvalue weighted by atomic mass is 33.1. The third-order valence-corrected chi connectivity index (χ3v) is 6.66. The molecule has 8 nitrogen and oxygen atoms in total. The van der Waals surface area contributed by atoms with E-state index in [1.54, 1.807) is 0 Å². The number of isocyanates is 2. The largest absolute Gasteiger partial charge is 0.319 e. The van der Waals surface area contributed by atoms with Crippen molar-refractivity contribution in [3.63, 3.8) is 0 Å². The molecule has 2 atom stereocenters. The highest BCUT2D eigenvalue weighted by molar-refractivity contribution is 8.77. The van der Waals surface area contributed by atoms with Crippen molar-refractivity contribution < 1.29 is 19.2 Å². The van der Waals surface area contributed by atoms with Crippen LogP contribution in [0, 0.1) is 0 Å². The quantitative estimate of drug-likeness (QED) is 0.344. The van der Waals surface area contributed by atoms with E-state index >= 15 is 0 Å². The van der Waals surface area contributed by atoms with Gasteiger partial charge in [0.05, 0.1) is 6.04 Å². The molecule has 0 aromatic heterocycles. The Morgan fingerprint density at radius 1 is 1.09 bits per heavy atom. The second-order valence-corrected chi connectivity index (χ2v) is 7.06. The van der Waals surface area contributed by atoms with Gasteiger partial charge in [-0.05, 0) is 12.8 Å². The third kappa shape index (κ3) is 5.84. The molecule has 0 aliphatic heterocycles. The summed E-state index contributed by atoms with van der Waals surface area (Å²) in [5.74, 6) is -1.31. The van der Waals surface area contributed by atoms with Gasteiger partial charge in [-0.25, -0.2) is 9.59 Å². The van der Waals surface area contributed by atoms with Gasteiger partial charge in [-0.3, -0.25) is 9.59 Å². The predicted octanol–water partition coefficient (Wildman–Crippen LogP) is 0.306. The number of nitrogens with zero attached hydrogens (tertiary/aromatic N) is 2. The van der Waals surface area contributed by atoms with Crippen LogP contribution >= 0.6 is 21.6 Å². The number of aliphatic imine (C=N–C) groups is 2. The first-order chi connectivity index (χ1) is 10.4. The average Bonchev–Trinajstić information content (AvgIpc) is 2.51. The summed E-state index contributed by atoms with van der Waals surface area (Å²) in [6.07, 6.45) is 3.44. The van der Waals surface area contributed by atoms with E-state index < -0.39 is 28.6 Å². The van der Waals surface area contributed by atoms with Crippen molar-refractivity contribution in [1.29, 1.82) is 0 Å². The van der Waals surface area contributed by atoms with Gasteiger partial charge in [0.2, 0.25) is 12.2 Å². The Labute approximate surface area is 136 Å². The summed E-state index contributed by atoms with van der Waals surface area (Å²) in [6.45, 7) is 3.72. The fourth-order valence-electron chi connectivity index (χ4n) is 1.62. The van der Waals surface area contributed by atoms with Crippen molar-refractivity contribution in [2.45, 2.75) is 43.5 Å². The molecule has 0 fully saturated rings. The molecule has 122 valence electrons. The maximum atomic E-state index is 11.7. The number of carbonyl (C=O) groups is 2. The van der Waals surface area contributed by atoms with Gasteiger partial charge >= 0.3 is 0 Å². The van der Waals surface area contributed by atoms with Crippen molar-refractivity contribution in [2.75, 3.05) is 5.75 Å². The molecule has 0 aliphatic rings. The fraction of sp³-hybridized carbons (Fsp3) is 0.667. The molecule has 0 saturated heterocycles. The second-order valence-electron chi connectivity index (χ2n) is 4.31. The Morgan fingerprint density at radius 3 is 2.05 bits per heavy atom. The smallest absolute Gasteiger partial charge is 0.274 e. The Hall–Kier alpha value is -1.28. The van der Waals surface area contributed by atoms with Crippen LogP contribution in [-0.4, -0.2) is 46.6 Å². The van der Waals surface area contributed by atoms with Crippen LogP contribution in [0.1, 0.15) is 26.7 Å². The van der Waals surface area contributed by atoms with Crippen molar-refractivity contribution in [2.24, 2.45) is 21.5 Å². The summed E-state index contributed by atoms with van der Waals surface area (Å²) in [6, 6.07) is -1.91. The first-order valence-corrected chi connectivity index (χ1v) is 8.75. The molecule has 4 N–H and O–H groups in total. The van der Waals surface area contributed by atoms with Crippen molar-refractivity contribution >= 4 is 45.6 Å². The lowest BCUT2D eigenvalue weighted by atomic mass is 9.93. The second kappa shape index (κ2) is 10.4. The van der Waals surface area contributed by atoms with Crippen molar-refractivity contribution in [3.05, 3.63) is 0 Å². The van der Waals surface area contributed by atoms with Crippen LogP contribution in [0.25, 0.3) is 0 Å². The molecule has 0 aromatic rings. The summed E-state index contributed by atoms with van der Waals surface area (Å²) >= 11 is 0. The molecule has 0 aliphatic carbocycles. The molecular weight excluding hydrogens is 328 g/mol. The zero-order chi connectivity index (χ0) is 17.2. The number of hydrogen-bond donors (Lipinski definition) is 2. The van der Waals surface area contributed by atoms with Crippen LogP contribution < -0.4 is 11.5 Å². The standard InChI is InChI=1S/C12H18N4O4S2/c1-3-12(4-2,9(14)11(20)16-7-18)22-21-5-8(13)10(19)15-6-17/h8-9H,3-5,13-14H2,1-2H3. The lowest BCUT2D eigenvalue weighted by Crippen LogP contribution is -2.49. The molecule has 0 aromatic carbocycles. The van der Waals surface area contributed by atoms with E-state index in [2.05, 4.69) is 9.98 Å². The summed E-state index contributed by atoms with van der Waals surface area (Å²) in [5, 5.41) is 0. The van der Waals surface area contributed by atoms with E-state index in [4.69, 9.17) is 11.5 Å². The third-order valence-electron chi connectivity index (χ3n) is 3.13. The molecule has 0 bridgehead atoms. The molecule has 0 radical (unpaired) electrons. The number of hydrogen-bond acceptors (Lipinski definition) is 8. The van der Waals surface area contributed by atoms with Crippen LogP contribution in [-0.2, 0) is 19.2 Å². The Bertz CT molecular complexity index is 497. The van der Waals surface area contributed by atoms with Gasteiger partial charge < -0.3 is 11.5 Å². The van der Waals surface area contributed by atoms with Crippen LogP contribution in [0.5, 0.6) is 0 Å². The summed E-state index contributed by atoms with van der Waals surface area (Å²) in [7, 11) is 2.55. The summed E-state index contributed by atoms with van der Waals surface area (Å²) in [4.78, 5) is 49.1. The maximum absolute atomic E-state index is 11.7. The van der Waals surface area contributed by atoms with Gasteiger partial charge in [-0.1, -0.05) is 35.4 Å². The normalized spacial score (nSPS) is 13.5. The van der Waals surface area contributed by atoms with Crippen LogP contribution in [0.3, 0.4) is 0 Å². The summed E-state index contributed by atoms with van der Waals surface area (Å²) < 4.78 is -0.654. The van der Waals surface area contributed by atoms with Gasteiger partial charge in [-0.15, -0.1) is 9.98 Å². The van der Waals surface area contributed by atoms with Crippen LogP contribution in [0.2, 0.25) is 0 Å². The molecule has 10 heteroatoms. The van der Waals surface area contributed by atoms with Crippen molar-refractivity contribution in [1.82, 2.24) is 0 Å². The topological polar surface area (TPSA) is 145 Å². The zero-order valence-electron chi connectivity index (χ0n) is 12.3. The number of nitrogens with two attached hydrogens (primary N) is 2. The molecular formula is C12H18N4O4S2. The molecule has 2 amide bonds. The van der Waals surface area contributed by atoms with E-state index in [0.717, 1.165) is 6.08 Å². The van der Waals surface area contributed by atoms with E-state index in [-0.39, 0.29) is 5.75 Å². The zero-order valence-corrected chi connectivity index (χ0v) is 13.9. The minimum atomic E-state index is -0.971. The van der Waals surface area contributed by atoms with Gasteiger partial charge in [0.15, 0.2) is 0 Å². The fourth-order valence-corrected chi connectivity index (χ4v) is 5.02. The van der Waals surface area contributed by atoms with Crippen LogP contribution in [0.15, 0.2) is 9.98 Å². The highest BCUT2D eigenvalue weighted by Gasteiger charge is 2.39. The molecule has 22 heavy (non-hydrogen) atoms. The Morgan fingerprint density at radius 2 is 1.59 bits per heavy atom. The number of amides is 2. The molecule has 0 heterocycles. The van der Waals surface area contributed by atoms with Gasteiger partial charge in [0, 0.05) is 10.5 Å². The van der Waals surface area contributed by atoms with E-state index in [1.807, 2.05) is 13.8 Å².